The van der Waals surface area contributed by atoms with E-state index < -0.39 is 5.97 Å². The lowest BCUT2D eigenvalue weighted by Gasteiger charge is -2.14. The van der Waals surface area contributed by atoms with Crippen LogP contribution < -0.4 is 10.1 Å². The highest BCUT2D eigenvalue weighted by molar-refractivity contribution is 5.81. The average molecular weight is 381 g/mol. The second-order valence-electron chi connectivity index (χ2n) is 7.23. The highest BCUT2D eigenvalue weighted by Crippen LogP contribution is 2.25. The maximum absolute atomic E-state index is 11.9. The lowest BCUT2D eigenvalue weighted by molar-refractivity contribution is -0.150. The van der Waals surface area contributed by atoms with Crippen molar-refractivity contribution >= 4 is 11.9 Å². The van der Waals surface area contributed by atoms with Gasteiger partial charge in [-0.05, 0) is 67.9 Å². The Balaban J connectivity index is 1.32. The van der Waals surface area contributed by atoms with Crippen LogP contribution in [0.3, 0.4) is 0 Å². The first-order valence-electron chi connectivity index (χ1n) is 9.83. The lowest BCUT2D eigenvalue weighted by Crippen LogP contribution is -2.36. The molecule has 0 saturated heterocycles. The Hall–Kier alpha value is -2.82. The molecule has 0 fully saturated rings. The molecule has 0 unspecified atom stereocenters. The van der Waals surface area contributed by atoms with Gasteiger partial charge in [-0.3, -0.25) is 4.79 Å². The molecule has 0 saturated carbocycles. The summed E-state index contributed by atoms with van der Waals surface area (Å²) in [5.74, 6) is -0.185. The standard InChI is InChI=1S/C23H27NO4/c1-17(10-11-18-6-3-2-4-7-18)24-22(25)15-28-23(26)16-27-21-13-12-19-8-5-9-20(19)14-21/h2-4,6-7,12-14,17H,5,8-11,15-16H2,1H3,(H,24,25)/t17-/m0/s1. The summed E-state index contributed by atoms with van der Waals surface area (Å²) in [4.78, 5) is 23.8. The van der Waals surface area contributed by atoms with E-state index in [4.69, 9.17) is 9.47 Å². The van der Waals surface area contributed by atoms with Crippen LogP contribution in [-0.4, -0.2) is 31.1 Å². The Morgan fingerprint density at radius 3 is 2.64 bits per heavy atom. The molecule has 148 valence electrons. The molecule has 2 aromatic rings. The van der Waals surface area contributed by atoms with Gasteiger partial charge in [-0.15, -0.1) is 0 Å². The molecule has 1 aliphatic rings. The van der Waals surface area contributed by atoms with E-state index >= 15 is 0 Å². The van der Waals surface area contributed by atoms with Gasteiger partial charge in [0.05, 0.1) is 0 Å². The van der Waals surface area contributed by atoms with Crippen molar-refractivity contribution in [1.82, 2.24) is 5.32 Å². The molecule has 3 rings (SSSR count). The van der Waals surface area contributed by atoms with Gasteiger partial charge < -0.3 is 14.8 Å². The summed E-state index contributed by atoms with van der Waals surface area (Å²) in [5.41, 5.74) is 3.88. The summed E-state index contributed by atoms with van der Waals surface area (Å²) in [7, 11) is 0. The maximum Gasteiger partial charge on any atom is 0.344 e. The van der Waals surface area contributed by atoms with Crippen molar-refractivity contribution in [2.45, 2.75) is 45.1 Å². The van der Waals surface area contributed by atoms with Crippen molar-refractivity contribution in [3.05, 3.63) is 65.2 Å². The molecule has 5 nitrogen and oxygen atoms in total. The number of fused-ring (bicyclic) bond motifs is 1. The maximum atomic E-state index is 11.9. The minimum atomic E-state index is -0.549. The van der Waals surface area contributed by atoms with Gasteiger partial charge >= 0.3 is 5.97 Å². The summed E-state index contributed by atoms with van der Waals surface area (Å²) in [6, 6.07) is 16.0. The van der Waals surface area contributed by atoms with Crippen molar-refractivity contribution in [3.8, 4) is 5.75 Å². The highest BCUT2D eigenvalue weighted by Gasteiger charge is 2.13. The number of ether oxygens (including phenoxy) is 2. The first kappa shape index (κ1) is 19.9. The van der Waals surface area contributed by atoms with E-state index in [1.807, 2.05) is 43.3 Å². The van der Waals surface area contributed by atoms with Crippen LogP contribution in [0, 0.1) is 0 Å². The number of nitrogens with one attached hydrogen (secondary N) is 1. The molecule has 0 radical (unpaired) electrons. The van der Waals surface area contributed by atoms with E-state index in [2.05, 4.69) is 17.4 Å². The third-order valence-electron chi connectivity index (χ3n) is 4.91. The third-order valence-corrected chi connectivity index (χ3v) is 4.91. The van der Waals surface area contributed by atoms with Gasteiger partial charge in [0.2, 0.25) is 0 Å². The molecule has 0 spiro atoms. The fourth-order valence-corrected chi connectivity index (χ4v) is 3.38. The zero-order chi connectivity index (χ0) is 19.8. The van der Waals surface area contributed by atoms with Gasteiger partial charge in [0.25, 0.3) is 5.91 Å². The molecule has 2 aromatic carbocycles. The van der Waals surface area contributed by atoms with Crippen LogP contribution in [0.4, 0.5) is 0 Å². The van der Waals surface area contributed by atoms with Gasteiger partial charge in [0, 0.05) is 6.04 Å². The van der Waals surface area contributed by atoms with Crippen molar-refractivity contribution in [1.29, 1.82) is 0 Å². The predicted octanol–water partition coefficient (Wildman–Crippen LogP) is 3.23. The number of carbonyl (C=O) groups excluding carboxylic acids is 2. The smallest absolute Gasteiger partial charge is 0.344 e. The number of esters is 1. The van der Waals surface area contributed by atoms with Crippen molar-refractivity contribution in [3.63, 3.8) is 0 Å². The number of hydrogen-bond acceptors (Lipinski definition) is 4. The molecule has 28 heavy (non-hydrogen) atoms. The third kappa shape index (κ3) is 6.12. The summed E-state index contributed by atoms with van der Waals surface area (Å²) in [6.45, 7) is 1.46. The molecule has 0 bridgehead atoms. The Kier molecular flexibility index (Phi) is 7.06. The molecule has 0 aromatic heterocycles. The molecule has 1 amide bonds. The van der Waals surface area contributed by atoms with E-state index in [1.54, 1.807) is 0 Å². The molecule has 0 aliphatic heterocycles. The minimum absolute atomic E-state index is 0.00840. The van der Waals surface area contributed by atoms with Crippen LogP contribution in [-0.2, 0) is 33.6 Å². The number of rotatable bonds is 9. The summed E-state index contributed by atoms with van der Waals surface area (Å²) in [5, 5.41) is 2.85. The second kappa shape index (κ2) is 9.93. The summed E-state index contributed by atoms with van der Waals surface area (Å²) >= 11 is 0. The fourth-order valence-electron chi connectivity index (χ4n) is 3.38. The SMILES string of the molecule is C[C@@H](CCc1ccccc1)NC(=O)COC(=O)COc1ccc2c(c1)CCC2. The van der Waals surface area contributed by atoms with Gasteiger partial charge in [-0.1, -0.05) is 36.4 Å². The normalized spacial score (nSPS) is 13.5. The van der Waals surface area contributed by atoms with Gasteiger partial charge in [0.15, 0.2) is 13.2 Å². The van der Waals surface area contributed by atoms with E-state index in [1.165, 1.54) is 23.1 Å². The van der Waals surface area contributed by atoms with Crippen LogP contribution >= 0.6 is 0 Å². The van der Waals surface area contributed by atoms with Crippen LogP contribution in [0.15, 0.2) is 48.5 Å². The van der Waals surface area contributed by atoms with Gasteiger partial charge in [-0.2, -0.15) is 0 Å². The second-order valence-corrected chi connectivity index (χ2v) is 7.23. The average Bonchev–Trinajstić information content (AvgIpc) is 3.18. The number of carbonyl (C=O) groups is 2. The molecular weight excluding hydrogens is 354 g/mol. The Morgan fingerprint density at radius 1 is 1.04 bits per heavy atom. The first-order valence-corrected chi connectivity index (χ1v) is 9.83. The monoisotopic (exact) mass is 381 g/mol. The van der Waals surface area contributed by atoms with Crippen molar-refractivity contribution in [2.75, 3.05) is 13.2 Å². The number of benzene rings is 2. The van der Waals surface area contributed by atoms with E-state index in [0.29, 0.717) is 5.75 Å². The highest BCUT2D eigenvalue weighted by atomic mass is 16.6. The van der Waals surface area contributed by atoms with E-state index in [-0.39, 0.29) is 25.2 Å². The molecule has 0 heterocycles. The van der Waals surface area contributed by atoms with Crippen LogP contribution in [0.5, 0.6) is 5.75 Å². The van der Waals surface area contributed by atoms with Crippen LogP contribution in [0.1, 0.15) is 36.5 Å². The summed E-state index contributed by atoms with van der Waals surface area (Å²) in [6.07, 6.45) is 5.04. The van der Waals surface area contributed by atoms with Crippen molar-refractivity contribution < 1.29 is 19.1 Å². The summed E-state index contributed by atoms with van der Waals surface area (Å²) < 4.78 is 10.5. The number of hydrogen-bond donors (Lipinski definition) is 1. The largest absolute Gasteiger partial charge is 0.482 e. The molecule has 1 atom stereocenters. The van der Waals surface area contributed by atoms with E-state index in [9.17, 15) is 9.59 Å². The van der Waals surface area contributed by atoms with E-state index in [0.717, 1.165) is 25.7 Å². The zero-order valence-electron chi connectivity index (χ0n) is 16.3. The number of amides is 1. The predicted molar refractivity (Wildman–Crippen MR) is 107 cm³/mol. The van der Waals surface area contributed by atoms with Crippen LogP contribution in [0.25, 0.3) is 0 Å². The van der Waals surface area contributed by atoms with Crippen LogP contribution in [0.2, 0.25) is 0 Å². The molecule has 1 aliphatic carbocycles. The zero-order valence-corrected chi connectivity index (χ0v) is 16.3. The van der Waals surface area contributed by atoms with Gasteiger partial charge in [-0.25, -0.2) is 4.79 Å². The molecular formula is C23H27NO4. The Bertz CT molecular complexity index is 804. The molecule has 5 heteroatoms. The minimum Gasteiger partial charge on any atom is -0.482 e. The van der Waals surface area contributed by atoms with Crippen molar-refractivity contribution in [2.24, 2.45) is 0 Å². The van der Waals surface area contributed by atoms with Gasteiger partial charge in [0.1, 0.15) is 5.75 Å². The Morgan fingerprint density at radius 2 is 1.82 bits per heavy atom. The first-order chi connectivity index (χ1) is 13.6. The fraction of sp³-hybridized carbons (Fsp3) is 0.391. The Labute approximate surface area is 166 Å². The lowest BCUT2D eigenvalue weighted by atomic mass is 10.1. The topological polar surface area (TPSA) is 64.6 Å². The quantitative estimate of drug-likeness (QED) is 0.678. The number of aryl methyl sites for hydroxylation is 3. The molecule has 1 N–H and O–H groups in total.